The van der Waals surface area contributed by atoms with Crippen LogP contribution in [0.1, 0.15) is 17.5 Å². The maximum absolute atomic E-state index is 13.7. The van der Waals surface area contributed by atoms with Gasteiger partial charge >= 0.3 is 0 Å². The van der Waals surface area contributed by atoms with E-state index in [-0.39, 0.29) is 11.8 Å². The fraction of sp³-hybridized carbons (Fsp3) is 0.120. The van der Waals surface area contributed by atoms with Gasteiger partial charge in [-0.25, -0.2) is 4.90 Å². The average molecular weight is 415 g/mol. The Hall–Kier alpha value is -3.37. The van der Waals surface area contributed by atoms with E-state index in [0.29, 0.717) is 28.5 Å². The third-order valence-corrected chi connectivity index (χ3v) is 5.80. The normalized spacial score (nSPS) is 16.3. The average Bonchev–Trinajstić information content (AvgIpc) is 3.04. The lowest BCUT2D eigenvalue weighted by molar-refractivity contribution is -0.120. The molecule has 2 amide bonds. The summed E-state index contributed by atoms with van der Waals surface area (Å²) in [5.74, 6) is -0.649. The number of carbonyl (C=O) groups excluding carboxylic acids is 2. The minimum Gasteiger partial charge on any atom is -0.336 e. The molecule has 0 saturated heterocycles. The highest BCUT2D eigenvalue weighted by Crippen LogP contribution is 2.39. The van der Waals surface area contributed by atoms with Gasteiger partial charge in [0, 0.05) is 17.3 Å². The lowest BCUT2D eigenvalue weighted by Gasteiger charge is -2.32. The Labute approximate surface area is 180 Å². The van der Waals surface area contributed by atoms with Crippen LogP contribution in [-0.2, 0) is 16.0 Å². The van der Waals surface area contributed by atoms with Gasteiger partial charge in [0.05, 0.1) is 11.3 Å². The Morgan fingerprint density at radius 3 is 2.37 bits per heavy atom. The molecule has 5 rings (SSSR count). The predicted octanol–water partition coefficient (Wildman–Crippen LogP) is 5.08. The summed E-state index contributed by atoms with van der Waals surface area (Å²) in [5, 5.41) is 0.478. The van der Waals surface area contributed by atoms with Crippen molar-refractivity contribution in [3.63, 3.8) is 0 Å². The maximum atomic E-state index is 13.7. The molecular weight excluding hydrogens is 396 g/mol. The zero-order valence-corrected chi connectivity index (χ0v) is 17.0. The molecule has 0 atom stereocenters. The monoisotopic (exact) mass is 414 g/mol. The van der Waals surface area contributed by atoms with E-state index >= 15 is 0 Å². The molecule has 0 aromatic heterocycles. The van der Waals surface area contributed by atoms with Crippen LogP contribution in [0.2, 0.25) is 5.02 Å². The molecule has 0 bridgehead atoms. The van der Waals surface area contributed by atoms with Gasteiger partial charge in [-0.05, 0) is 48.2 Å². The van der Waals surface area contributed by atoms with Gasteiger partial charge in [0.15, 0.2) is 0 Å². The van der Waals surface area contributed by atoms with E-state index in [0.717, 1.165) is 24.1 Å². The Balaban J connectivity index is 1.70. The molecule has 0 spiro atoms. The van der Waals surface area contributed by atoms with Crippen LogP contribution in [-0.4, -0.2) is 18.4 Å². The summed E-state index contributed by atoms with van der Waals surface area (Å²) in [5.41, 5.74) is 4.24. The third-order valence-electron chi connectivity index (χ3n) is 5.57. The van der Waals surface area contributed by atoms with E-state index in [9.17, 15) is 9.59 Å². The number of hydrogen-bond acceptors (Lipinski definition) is 3. The van der Waals surface area contributed by atoms with Crippen molar-refractivity contribution in [2.45, 2.75) is 12.8 Å². The Morgan fingerprint density at radius 1 is 0.800 bits per heavy atom. The van der Waals surface area contributed by atoms with Crippen LogP contribution in [0.15, 0.2) is 84.6 Å². The Morgan fingerprint density at radius 2 is 1.57 bits per heavy atom. The van der Waals surface area contributed by atoms with Gasteiger partial charge in [0.25, 0.3) is 11.8 Å². The molecule has 2 heterocycles. The van der Waals surface area contributed by atoms with E-state index in [1.807, 2.05) is 53.4 Å². The van der Waals surface area contributed by atoms with E-state index in [1.54, 1.807) is 24.3 Å². The van der Waals surface area contributed by atoms with Gasteiger partial charge in [-0.1, -0.05) is 66.2 Å². The molecule has 0 aliphatic carbocycles. The van der Waals surface area contributed by atoms with Crippen molar-refractivity contribution < 1.29 is 9.59 Å². The molecule has 5 heteroatoms. The summed E-state index contributed by atoms with van der Waals surface area (Å²) < 4.78 is 0. The first-order valence-electron chi connectivity index (χ1n) is 9.94. The van der Waals surface area contributed by atoms with Gasteiger partial charge in [0.1, 0.15) is 5.70 Å². The van der Waals surface area contributed by atoms with E-state index in [4.69, 9.17) is 11.6 Å². The number of benzene rings is 3. The summed E-state index contributed by atoms with van der Waals surface area (Å²) in [4.78, 5) is 30.5. The second kappa shape index (κ2) is 7.47. The van der Waals surface area contributed by atoms with Gasteiger partial charge in [-0.15, -0.1) is 0 Å². The molecule has 2 aliphatic heterocycles. The first-order chi connectivity index (χ1) is 14.6. The number of aryl methyl sites for hydroxylation is 1. The van der Waals surface area contributed by atoms with Crippen molar-refractivity contribution in [2.75, 3.05) is 16.3 Å². The van der Waals surface area contributed by atoms with Crippen LogP contribution in [0.25, 0.3) is 5.57 Å². The van der Waals surface area contributed by atoms with E-state index in [2.05, 4.69) is 6.07 Å². The van der Waals surface area contributed by atoms with Crippen LogP contribution in [0.3, 0.4) is 0 Å². The number of amides is 2. The smallest absolute Gasteiger partial charge is 0.282 e. The van der Waals surface area contributed by atoms with Gasteiger partial charge in [-0.2, -0.15) is 0 Å². The summed E-state index contributed by atoms with van der Waals surface area (Å²) in [6.07, 6.45) is 1.88. The van der Waals surface area contributed by atoms with Crippen molar-refractivity contribution in [1.82, 2.24) is 0 Å². The predicted molar refractivity (Wildman–Crippen MR) is 119 cm³/mol. The van der Waals surface area contributed by atoms with Crippen LogP contribution in [0.5, 0.6) is 0 Å². The number of anilines is 2. The molecule has 2 aliphatic rings. The summed E-state index contributed by atoms with van der Waals surface area (Å²) in [6.45, 7) is 0.686. The molecule has 0 N–H and O–H groups in total. The first kappa shape index (κ1) is 18.6. The number of fused-ring (bicyclic) bond motifs is 1. The molecule has 30 heavy (non-hydrogen) atoms. The highest BCUT2D eigenvalue weighted by molar-refractivity contribution is 6.46. The van der Waals surface area contributed by atoms with Gasteiger partial charge in [-0.3, -0.25) is 9.59 Å². The third kappa shape index (κ3) is 3.01. The Bertz CT molecular complexity index is 1190. The Kier molecular flexibility index (Phi) is 4.64. The largest absolute Gasteiger partial charge is 0.336 e. The number of rotatable bonds is 3. The summed E-state index contributed by atoms with van der Waals surface area (Å²) in [7, 11) is 0. The van der Waals surface area contributed by atoms with Crippen LogP contribution in [0.4, 0.5) is 11.4 Å². The van der Waals surface area contributed by atoms with Crippen molar-refractivity contribution in [2.24, 2.45) is 0 Å². The second-order valence-corrected chi connectivity index (χ2v) is 7.84. The highest BCUT2D eigenvalue weighted by atomic mass is 35.5. The zero-order chi connectivity index (χ0) is 20.7. The van der Waals surface area contributed by atoms with Crippen molar-refractivity contribution in [3.8, 4) is 0 Å². The van der Waals surface area contributed by atoms with Gasteiger partial charge < -0.3 is 4.90 Å². The molecule has 148 valence electrons. The lowest BCUT2D eigenvalue weighted by atomic mass is 9.98. The molecule has 0 saturated carbocycles. The van der Waals surface area contributed by atoms with Crippen LogP contribution in [0, 0.1) is 0 Å². The van der Waals surface area contributed by atoms with Crippen molar-refractivity contribution >= 4 is 40.4 Å². The van der Waals surface area contributed by atoms with Crippen LogP contribution >= 0.6 is 11.6 Å². The number of para-hydroxylation sites is 1. The minimum atomic E-state index is -0.327. The molecule has 0 fully saturated rings. The quantitative estimate of drug-likeness (QED) is 0.561. The van der Waals surface area contributed by atoms with Crippen molar-refractivity contribution in [3.05, 3.63) is 101 Å². The summed E-state index contributed by atoms with van der Waals surface area (Å²) >= 11 is 6.15. The number of nitrogens with zero attached hydrogens (tertiary/aromatic N) is 2. The lowest BCUT2D eigenvalue weighted by Crippen LogP contribution is -2.37. The SMILES string of the molecule is O=C1C(c2ccccc2)=C(N2CCCc3ccccc32)C(=O)N1c1cccc(Cl)c1. The maximum Gasteiger partial charge on any atom is 0.282 e. The molecule has 4 nitrogen and oxygen atoms in total. The number of imide groups is 1. The highest BCUT2D eigenvalue weighted by Gasteiger charge is 2.43. The fourth-order valence-corrected chi connectivity index (χ4v) is 4.43. The topological polar surface area (TPSA) is 40.6 Å². The standard InChI is InChI=1S/C25H19ClN2O2/c26-19-12-6-13-20(16-19)28-24(29)22(18-9-2-1-3-10-18)23(25(28)30)27-15-7-11-17-8-4-5-14-21(17)27/h1-6,8-10,12-14,16H,7,11,15H2. The second-order valence-electron chi connectivity index (χ2n) is 7.40. The molecule has 0 radical (unpaired) electrons. The van der Waals surface area contributed by atoms with Crippen LogP contribution < -0.4 is 9.80 Å². The number of halogens is 1. The molecule has 3 aromatic rings. The fourth-order valence-electron chi connectivity index (χ4n) is 4.25. The van der Waals surface area contributed by atoms with E-state index < -0.39 is 0 Å². The molecular formula is C25H19ClN2O2. The first-order valence-corrected chi connectivity index (χ1v) is 10.3. The van der Waals surface area contributed by atoms with E-state index in [1.165, 1.54) is 10.5 Å². The van der Waals surface area contributed by atoms with Crippen molar-refractivity contribution in [1.29, 1.82) is 0 Å². The number of hydrogen-bond donors (Lipinski definition) is 0. The molecule has 0 unspecified atom stereocenters. The molecule has 3 aromatic carbocycles. The minimum absolute atomic E-state index is 0.321. The summed E-state index contributed by atoms with van der Waals surface area (Å²) in [6, 6.07) is 24.3. The zero-order valence-electron chi connectivity index (χ0n) is 16.2. The number of carbonyl (C=O) groups is 2. The van der Waals surface area contributed by atoms with Gasteiger partial charge in [0.2, 0.25) is 0 Å².